The molecule has 37 heavy (non-hydrogen) atoms. The van der Waals surface area contributed by atoms with Crippen molar-refractivity contribution in [2.24, 2.45) is 18.9 Å². The van der Waals surface area contributed by atoms with Crippen LogP contribution in [-0.4, -0.2) is 55.2 Å². The first-order chi connectivity index (χ1) is 17.9. The van der Waals surface area contributed by atoms with Gasteiger partial charge in [0.2, 0.25) is 0 Å². The highest BCUT2D eigenvalue weighted by Crippen LogP contribution is 2.49. The number of ether oxygens (including phenoxy) is 1. The van der Waals surface area contributed by atoms with Crippen molar-refractivity contribution in [2.45, 2.75) is 42.7 Å². The third kappa shape index (κ3) is 5.17. The van der Waals surface area contributed by atoms with Crippen LogP contribution in [-0.2, 0) is 29.9 Å². The van der Waals surface area contributed by atoms with E-state index >= 15 is 0 Å². The summed E-state index contributed by atoms with van der Waals surface area (Å²) in [5, 5.41) is -0.00893. The van der Waals surface area contributed by atoms with Crippen molar-refractivity contribution in [1.82, 2.24) is 19.2 Å². The number of likely N-dealkylation sites (tertiary alicyclic amines) is 1. The fourth-order valence-corrected chi connectivity index (χ4v) is 7.17. The van der Waals surface area contributed by atoms with E-state index in [9.17, 15) is 12.8 Å². The lowest BCUT2D eigenvalue weighted by atomic mass is 9.75. The number of rotatable bonds is 9. The van der Waals surface area contributed by atoms with Gasteiger partial charge in [-0.25, -0.2) is 22.5 Å². The number of fused-ring (bicyclic) bond motifs is 2. The summed E-state index contributed by atoms with van der Waals surface area (Å²) in [7, 11) is -1.95. The Balaban J connectivity index is 1.18. The van der Waals surface area contributed by atoms with E-state index < -0.39 is 10.0 Å². The number of aryl methyl sites for hydroxylation is 2. The molecule has 0 spiro atoms. The van der Waals surface area contributed by atoms with Gasteiger partial charge in [-0.05, 0) is 72.4 Å². The van der Waals surface area contributed by atoms with Crippen LogP contribution in [0.25, 0.3) is 0 Å². The zero-order valence-corrected chi connectivity index (χ0v) is 21.8. The molecule has 3 aliphatic rings. The summed E-state index contributed by atoms with van der Waals surface area (Å²) >= 11 is 0. The van der Waals surface area contributed by atoms with E-state index in [1.807, 2.05) is 18.2 Å². The second-order valence-electron chi connectivity index (χ2n) is 10.7. The zero-order chi connectivity index (χ0) is 25.6. The van der Waals surface area contributed by atoms with Gasteiger partial charge in [0.25, 0.3) is 10.0 Å². The number of aromatic nitrogens is 2. The van der Waals surface area contributed by atoms with E-state index in [1.54, 1.807) is 23.7 Å². The molecule has 0 radical (unpaired) electrons. The number of benzene rings is 2. The van der Waals surface area contributed by atoms with Crippen molar-refractivity contribution < 1.29 is 17.5 Å². The van der Waals surface area contributed by atoms with Gasteiger partial charge in [-0.1, -0.05) is 24.3 Å². The van der Waals surface area contributed by atoms with Gasteiger partial charge in [-0.3, -0.25) is 4.90 Å². The largest absolute Gasteiger partial charge is 0.492 e. The second-order valence-corrected chi connectivity index (χ2v) is 12.4. The number of halogens is 1. The Morgan fingerprint density at radius 1 is 1.16 bits per heavy atom. The van der Waals surface area contributed by atoms with Gasteiger partial charge >= 0.3 is 0 Å². The van der Waals surface area contributed by atoms with Crippen LogP contribution in [0, 0.1) is 17.7 Å². The maximum Gasteiger partial charge on any atom is 0.259 e. The van der Waals surface area contributed by atoms with Crippen molar-refractivity contribution in [3.8, 4) is 5.75 Å². The summed E-state index contributed by atoms with van der Waals surface area (Å²) in [5.74, 6) is 2.44. The lowest BCUT2D eigenvalue weighted by molar-refractivity contribution is 0.170. The molecule has 6 rings (SSSR count). The molecule has 2 aliphatic carbocycles. The minimum Gasteiger partial charge on any atom is -0.492 e. The van der Waals surface area contributed by atoms with Crippen LogP contribution in [0.15, 0.2) is 60.0 Å². The molecule has 2 unspecified atom stereocenters. The second kappa shape index (κ2) is 9.85. The molecule has 9 heteroatoms. The van der Waals surface area contributed by atoms with Crippen LogP contribution >= 0.6 is 0 Å². The van der Waals surface area contributed by atoms with E-state index in [2.05, 4.69) is 26.7 Å². The quantitative estimate of drug-likeness (QED) is 0.434. The Kier molecular flexibility index (Phi) is 6.54. The SMILES string of the molecule is Cn1cnc(S(=O)(=O)NCCOc2ccc3c(c2)C(Cc2ccccc2F)C(N2C[C@H]4C[C@H]4C2)CC3)c1. The minimum atomic E-state index is -3.68. The smallest absolute Gasteiger partial charge is 0.259 e. The third-order valence-electron chi connectivity index (χ3n) is 8.18. The Hall–Kier alpha value is -2.75. The zero-order valence-electron chi connectivity index (χ0n) is 21.0. The molecule has 4 atom stereocenters. The van der Waals surface area contributed by atoms with Crippen LogP contribution in [0.5, 0.6) is 5.75 Å². The van der Waals surface area contributed by atoms with E-state index in [4.69, 9.17) is 4.74 Å². The Bertz CT molecular complexity index is 1380. The average Bonchev–Trinajstić information content (AvgIpc) is 3.25. The molecule has 2 aromatic carbocycles. The molecule has 196 valence electrons. The molecule has 1 aromatic heterocycles. The van der Waals surface area contributed by atoms with Crippen LogP contribution < -0.4 is 9.46 Å². The van der Waals surface area contributed by atoms with Crippen molar-refractivity contribution in [3.63, 3.8) is 0 Å². The highest BCUT2D eigenvalue weighted by Gasteiger charge is 2.48. The van der Waals surface area contributed by atoms with Gasteiger partial charge in [-0.15, -0.1) is 0 Å². The molecule has 2 heterocycles. The summed E-state index contributed by atoms with van der Waals surface area (Å²) in [6.45, 7) is 2.64. The van der Waals surface area contributed by atoms with Gasteiger partial charge in [0, 0.05) is 44.8 Å². The average molecular weight is 525 g/mol. The summed E-state index contributed by atoms with van der Waals surface area (Å²) in [4.78, 5) is 6.56. The lowest BCUT2D eigenvalue weighted by Crippen LogP contribution is -2.42. The fourth-order valence-electron chi connectivity index (χ4n) is 6.18. The number of piperidine rings is 1. The number of sulfonamides is 1. The molecule has 0 bridgehead atoms. The molecule has 1 saturated heterocycles. The summed E-state index contributed by atoms with van der Waals surface area (Å²) < 4.78 is 49.6. The first-order valence-electron chi connectivity index (χ1n) is 13.1. The van der Waals surface area contributed by atoms with Crippen LogP contribution in [0.4, 0.5) is 4.39 Å². The number of nitrogens with one attached hydrogen (secondary N) is 1. The molecule has 1 aliphatic heterocycles. The van der Waals surface area contributed by atoms with E-state index in [0.29, 0.717) is 18.2 Å². The Labute approximate surface area is 217 Å². The van der Waals surface area contributed by atoms with Crippen molar-refractivity contribution >= 4 is 10.0 Å². The maximum absolute atomic E-state index is 14.7. The third-order valence-corrected chi connectivity index (χ3v) is 9.53. The molecular weight excluding hydrogens is 491 g/mol. The molecule has 1 saturated carbocycles. The molecular formula is C28H33FN4O3S. The van der Waals surface area contributed by atoms with E-state index in [1.165, 1.54) is 30.1 Å². The standard InChI is InChI=1S/C28H33FN4O3S/c1-32-17-28(30-18-32)37(34,35)31-10-11-36-23-8-6-19-7-9-27(33-15-21-12-22(21)16-33)25(24(19)14-23)13-20-4-2-3-5-26(20)29/h2-6,8,14,17-18,21-22,25,27,31H,7,9-13,15-16H2,1H3/t21-,22+,25?,27?. The fraction of sp³-hybridized carbons (Fsp3) is 0.464. The van der Waals surface area contributed by atoms with Crippen molar-refractivity contribution in [1.29, 1.82) is 0 Å². The van der Waals surface area contributed by atoms with Gasteiger partial charge in [0.15, 0.2) is 5.03 Å². The van der Waals surface area contributed by atoms with Crippen LogP contribution in [0.1, 0.15) is 35.4 Å². The van der Waals surface area contributed by atoms with Gasteiger partial charge < -0.3 is 9.30 Å². The first-order valence-corrected chi connectivity index (χ1v) is 14.6. The number of hydrogen-bond donors (Lipinski definition) is 1. The monoisotopic (exact) mass is 524 g/mol. The lowest BCUT2D eigenvalue weighted by Gasteiger charge is -2.40. The Morgan fingerprint density at radius 2 is 1.97 bits per heavy atom. The topological polar surface area (TPSA) is 76.5 Å². The molecule has 0 amide bonds. The van der Waals surface area contributed by atoms with E-state index in [0.717, 1.165) is 43.3 Å². The summed E-state index contributed by atoms with van der Waals surface area (Å²) in [6.07, 6.45) is 7.02. The van der Waals surface area contributed by atoms with Gasteiger partial charge in [-0.2, -0.15) is 0 Å². The van der Waals surface area contributed by atoms with Crippen LogP contribution in [0.3, 0.4) is 0 Å². The molecule has 7 nitrogen and oxygen atoms in total. The molecule has 3 aromatic rings. The van der Waals surface area contributed by atoms with Gasteiger partial charge in [0.05, 0.1) is 6.33 Å². The molecule has 1 N–H and O–H groups in total. The first kappa shape index (κ1) is 24.6. The van der Waals surface area contributed by atoms with Crippen molar-refractivity contribution in [3.05, 3.63) is 77.5 Å². The maximum atomic E-state index is 14.7. The van der Waals surface area contributed by atoms with E-state index in [-0.39, 0.29) is 29.9 Å². The Morgan fingerprint density at radius 3 is 2.73 bits per heavy atom. The highest BCUT2D eigenvalue weighted by molar-refractivity contribution is 7.89. The number of hydrogen-bond acceptors (Lipinski definition) is 5. The summed E-state index contributed by atoms with van der Waals surface area (Å²) in [6, 6.07) is 13.7. The normalized spacial score (nSPS) is 25.0. The molecule has 2 fully saturated rings. The van der Waals surface area contributed by atoms with Crippen molar-refractivity contribution in [2.75, 3.05) is 26.2 Å². The van der Waals surface area contributed by atoms with Crippen LogP contribution in [0.2, 0.25) is 0 Å². The predicted octanol–water partition coefficient (Wildman–Crippen LogP) is 3.51. The minimum absolute atomic E-state index is 0.00893. The predicted molar refractivity (Wildman–Crippen MR) is 138 cm³/mol. The highest BCUT2D eigenvalue weighted by atomic mass is 32.2. The number of nitrogens with zero attached hydrogens (tertiary/aromatic N) is 3. The number of imidazole rings is 1. The van der Waals surface area contributed by atoms with Gasteiger partial charge in [0.1, 0.15) is 18.2 Å². The summed E-state index contributed by atoms with van der Waals surface area (Å²) in [5.41, 5.74) is 3.28.